The molecule has 0 fully saturated rings. The third-order valence-corrected chi connectivity index (χ3v) is 3.58. The van der Waals surface area contributed by atoms with Gasteiger partial charge in [-0.1, -0.05) is 18.2 Å². The molecular formula is C18H12FN3O2. The standard InChI is InChI=1S/C18H12FN3O2/c19-14-6-3-5-13-16(23)8-9-22(18(13)14)11-17(24)21-15-7-2-1-4-12(15)10-20/h1-9H,11H2,(H,21,24). The number of benzene rings is 2. The van der Waals surface area contributed by atoms with E-state index >= 15 is 0 Å². The van der Waals surface area contributed by atoms with Crippen LogP contribution in [-0.4, -0.2) is 10.5 Å². The molecule has 5 nitrogen and oxygen atoms in total. The number of nitrogens with zero attached hydrogens (tertiary/aromatic N) is 2. The average Bonchev–Trinajstić information content (AvgIpc) is 2.58. The highest BCUT2D eigenvalue weighted by Crippen LogP contribution is 2.16. The first-order valence-corrected chi connectivity index (χ1v) is 7.17. The molecule has 1 N–H and O–H groups in total. The Bertz CT molecular complexity index is 1030. The molecule has 2 aromatic carbocycles. The Morgan fingerprint density at radius 3 is 2.75 bits per heavy atom. The van der Waals surface area contributed by atoms with Crippen LogP contribution in [0.4, 0.5) is 10.1 Å². The normalized spacial score (nSPS) is 10.3. The number of para-hydroxylation sites is 2. The van der Waals surface area contributed by atoms with Crippen LogP contribution >= 0.6 is 0 Å². The van der Waals surface area contributed by atoms with E-state index in [-0.39, 0.29) is 22.9 Å². The van der Waals surface area contributed by atoms with Crippen molar-refractivity contribution < 1.29 is 9.18 Å². The minimum atomic E-state index is -0.574. The molecule has 0 saturated heterocycles. The van der Waals surface area contributed by atoms with Crippen molar-refractivity contribution in [2.24, 2.45) is 0 Å². The Morgan fingerprint density at radius 2 is 1.96 bits per heavy atom. The number of fused-ring (bicyclic) bond motifs is 1. The van der Waals surface area contributed by atoms with Crippen LogP contribution in [-0.2, 0) is 11.3 Å². The van der Waals surface area contributed by atoms with Gasteiger partial charge in [-0.25, -0.2) is 4.39 Å². The Morgan fingerprint density at radius 1 is 1.17 bits per heavy atom. The minimum Gasteiger partial charge on any atom is -0.335 e. The van der Waals surface area contributed by atoms with Crippen molar-refractivity contribution in [3.8, 4) is 6.07 Å². The number of hydrogen-bond acceptors (Lipinski definition) is 3. The fourth-order valence-corrected chi connectivity index (χ4v) is 2.49. The summed E-state index contributed by atoms with van der Waals surface area (Å²) < 4.78 is 15.5. The zero-order chi connectivity index (χ0) is 17.1. The second kappa shape index (κ2) is 6.34. The van der Waals surface area contributed by atoms with Crippen LogP contribution < -0.4 is 10.7 Å². The molecule has 6 heteroatoms. The molecule has 0 aliphatic carbocycles. The summed E-state index contributed by atoms with van der Waals surface area (Å²) in [5, 5.41) is 11.9. The molecule has 1 aromatic heterocycles. The Hall–Kier alpha value is -3.46. The monoisotopic (exact) mass is 321 g/mol. The maximum absolute atomic E-state index is 14.1. The van der Waals surface area contributed by atoms with Crippen LogP contribution in [0.15, 0.2) is 59.5 Å². The fraction of sp³-hybridized carbons (Fsp3) is 0.0556. The molecule has 24 heavy (non-hydrogen) atoms. The van der Waals surface area contributed by atoms with E-state index in [4.69, 9.17) is 5.26 Å². The van der Waals surface area contributed by atoms with Gasteiger partial charge in [0.15, 0.2) is 5.43 Å². The second-order valence-electron chi connectivity index (χ2n) is 5.15. The van der Waals surface area contributed by atoms with Crippen molar-refractivity contribution in [1.82, 2.24) is 4.57 Å². The summed E-state index contributed by atoms with van der Waals surface area (Å²) in [6, 6.07) is 14.1. The molecule has 0 aliphatic rings. The summed E-state index contributed by atoms with van der Waals surface area (Å²) in [5.74, 6) is -0.999. The highest BCUT2D eigenvalue weighted by molar-refractivity contribution is 5.93. The van der Waals surface area contributed by atoms with Gasteiger partial charge in [0.2, 0.25) is 5.91 Å². The highest BCUT2D eigenvalue weighted by Gasteiger charge is 2.12. The highest BCUT2D eigenvalue weighted by atomic mass is 19.1. The van der Waals surface area contributed by atoms with Gasteiger partial charge in [-0.3, -0.25) is 9.59 Å². The lowest BCUT2D eigenvalue weighted by molar-refractivity contribution is -0.116. The number of anilines is 1. The third-order valence-electron chi connectivity index (χ3n) is 3.58. The zero-order valence-corrected chi connectivity index (χ0v) is 12.5. The number of rotatable bonds is 3. The molecule has 0 aliphatic heterocycles. The fourth-order valence-electron chi connectivity index (χ4n) is 2.49. The topological polar surface area (TPSA) is 74.9 Å². The number of nitriles is 1. The molecule has 3 rings (SSSR count). The van der Waals surface area contributed by atoms with Crippen molar-refractivity contribution in [3.63, 3.8) is 0 Å². The van der Waals surface area contributed by atoms with E-state index < -0.39 is 11.7 Å². The Kier molecular flexibility index (Phi) is 4.08. The lowest BCUT2D eigenvalue weighted by atomic mass is 10.2. The molecule has 0 spiro atoms. The second-order valence-corrected chi connectivity index (χ2v) is 5.15. The zero-order valence-electron chi connectivity index (χ0n) is 12.5. The maximum Gasteiger partial charge on any atom is 0.244 e. The van der Waals surface area contributed by atoms with Gasteiger partial charge >= 0.3 is 0 Å². The number of aromatic nitrogens is 1. The van der Waals surface area contributed by atoms with Gasteiger partial charge in [0.25, 0.3) is 0 Å². The van der Waals surface area contributed by atoms with Gasteiger partial charge in [0, 0.05) is 17.6 Å². The van der Waals surface area contributed by atoms with Crippen LogP contribution in [0.3, 0.4) is 0 Å². The van der Waals surface area contributed by atoms with E-state index in [0.717, 1.165) is 0 Å². The summed E-state index contributed by atoms with van der Waals surface area (Å²) in [4.78, 5) is 24.1. The number of carbonyl (C=O) groups is 1. The number of nitrogens with one attached hydrogen (secondary N) is 1. The van der Waals surface area contributed by atoms with Crippen LogP contribution in [0.1, 0.15) is 5.56 Å². The number of pyridine rings is 1. The van der Waals surface area contributed by atoms with Crippen molar-refractivity contribution in [2.75, 3.05) is 5.32 Å². The Balaban J connectivity index is 1.93. The SMILES string of the molecule is N#Cc1ccccc1NC(=O)Cn1ccc(=O)c2cccc(F)c21. The molecule has 118 valence electrons. The first-order chi connectivity index (χ1) is 11.6. The predicted octanol–water partition coefficient (Wildman–Crippen LogP) is 2.65. The quantitative estimate of drug-likeness (QED) is 0.806. The maximum atomic E-state index is 14.1. The number of amides is 1. The smallest absolute Gasteiger partial charge is 0.244 e. The van der Waals surface area contributed by atoms with Crippen molar-refractivity contribution in [3.05, 3.63) is 76.3 Å². The molecule has 1 amide bonds. The molecule has 1 heterocycles. The summed E-state index contributed by atoms with van der Waals surface area (Å²) in [6.07, 6.45) is 1.38. The van der Waals surface area contributed by atoms with Crippen molar-refractivity contribution >= 4 is 22.5 Å². The summed E-state index contributed by atoms with van der Waals surface area (Å²) in [6.45, 7) is -0.183. The van der Waals surface area contributed by atoms with Crippen molar-refractivity contribution in [1.29, 1.82) is 5.26 Å². The van der Waals surface area contributed by atoms with Gasteiger partial charge in [0.1, 0.15) is 18.4 Å². The lowest BCUT2D eigenvalue weighted by Gasteiger charge is -2.12. The predicted molar refractivity (Wildman–Crippen MR) is 88.0 cm³/mol. The third kappa shape index (κ3) is 2.88. The van der Waals surface area contributed by atoms with Crippen LogP contribution in [0.2, 0.25) is 0 Å². The van der Waals surface area contributed by atoms with E-state index in [1.807, 2.05) is 6.07 Å². The number of hydrogen-bond donors (Lipinski definition) is 1. The summed E-state index contributed by atoms with van der Waals surface area (Å²) >= 11 is 0. The van der Waals surface area contributed by atoms with E-state index in [1.165, 1.54) is 35.0 Å². The van der Waals surface area contributed by atoms with Gasteiger partial charge in [-0.2, -0.15) is 5.26 Å². The molecule has 0 bridgehead atoms. The lowest BCUT2D eigenvalue weighted by Crippen LogP contribution is -2.21. The van der Waals surface area contributed by atoms with Crippen LogP contribution in [0, 0.1) is 17.1 Å². The molecule has 0 atom stereocenters. The molecule has 0 saturated carbocycles. The first-order valence-electron chi connectivity index (χ1n) is 7.17. The summed E-state index contributed by atoms with van der Waals surface area (Å²) in [7, 11) is 0. The van der Waals surface area contributed by atoms with Crippen LogP contribution in [0.5, 0.6) is 0 Å². The van der Waals surface area contributed by atoms with Gasteiger partial charge < -0.3 is 9.88 Å². The largest absolute Gasteiger partial charge is 0.335 e. The Labute approximate surface area is 136 Å². The molecule has 0 radical (unpaired) electrons. The van der Waals surface area contributed by atoms with Gasteiger partial charge in [0.05, 0.1) is 16.8 Å². The average molecular weight is 321 g/mol. The van der Waals surface area contributed by atoms with Gasteiger partial charge in [-0.05, 0) is 24.3 Å². The van der Waals surface area contributed by atoms with E-state index in [2.05, 4.69) is 5.32 Å². The number of halogens is 1. The molecule has 0 unspecified atom stereocenters. The van der Waals surface area contributed by atoms with Crippen molar-refractivity contribution in [2.45, 2.75) is 6.54 Å². The first kappa shape index (κ1) is 15.4. The summed E-state index contributed by atoms with van der Waals surface area (Å²) in [5.41, 5.74) is 0.488. The molecular weight excluding hydrogens is 309 g/mol. The van der Waals surface area contributed by atoms with E-state index in [9.17, 15) is 14.0 Å². The minimum absolute atomic E-state index is 0.0775. The molecule has 3 aromatic rings. The van der Waals surface area contributed by atoms with E-state index in [0.29, 0.717) is 11.3 Å². The number of carbonyl (C=O) groups excluding carboxylic acids is 1. The van der Waals surface area contributed by atoms with Gasteiger partial charge in [-0.15, -0.1) is 0 Å². The van der Waals surface area contributed by atoms with Crippen LogP contribution in [0.25, 0.3) is 10.9 Å². The van der Waals surface area contributed by atoms with E-state index in [1.54, 1.807) is 24.3 Å².